The Kier molecular flexibility index (Phi) is 7.34. The maximum absolute atomic E-state index is 13.8. The maximum atomic E-state index is 13.8. The first kappa shape index (κ1) is 23.8. The molecule has 7 nitrogen and oxygen atoms in total. The Morgan fingerprint density at radius 1 is 1.27 bits per heavy atom. The number of hydrogen-bond acceptors (Lipinski definition) is 6. The number of rotatable bonds is 7. The van der Waals surface area contributed by atoms with Crippen molar-refractivity contribution >= 4 is 17.3 Å². The molecule has 0 unspecified atom stereocenters. The van der Waals surface area contributed by atoms with Crippen LogP contribution in [0.5, 0.6) is 5.75 Å². The number of halogens is 3. The number of aryl methyl sites for hydroxylation is 2. The monoisotopic (exact) mass is 471 g/mol. The van der Waals surface area contributed by atoms with Crippen LogP contribution in [0.1, 0.15) is 22.6 Å². The van der Waals surface area contributed by atoms with Gasteiger partial charge in [0.25, 0.3) is 5.56 Å². The minimum Gasteiger partial charge on any atom is -0.485 e. The molecule has 3 aromatic rings. The van der Waals surface area contributed by atoms with Gasteiger partial charge in [-0.05, 0) is 37.8 Å². The van der Waals surface area contributed by atoms with Gasteiger partial charge in [0.05, 0.1) is 23.3 Å². The molecule has 170 valence electrons. The van der Waals surface area contributed by atoms with E-state index in [1.165, 1.54) is 17.0 Å². The maximum Gasteiger partial charge on any atom is 0.277 e. The van der Waals surface area contributed by atoms with Crippen molar-refractivity contribution in [2.24, 2.45) is 10.7 Å². The molecule has 0 aliphatic rings. The van der Waals surface area contributed by atoms with Crippen molar-refractivity contribution in [3.63, 3.8) is 0 Å². The zero-order valence-corrected chi connectivity index (χ0v) is 18.6. The first-order chi connectivity index (χ1) is 15.8. The van der Waals surface area contributed by atoms with Crippen LogP contribution >= 0.6 is 11.6 Å². The number of allylic oxidation sites excluding steroid dienone is 1. The van der Waals surface area contributed by atoms with E-state index in [1.807, 2.05) is 0 Å². The molecule has 33 heavy (non-hydrogen) atoms. The van der Waals surface area contributed by atoms with E-state index in [9.17, 15) is 13.6 Å². The van der Waals surface area contributed by atoms with E-state index < -0.39 is 17.2 Å². The second-order valence-corrected chi connectivity index (χ2v) is 7.27. The van der Waals surface area contributed by atoms with Gasteiger partial charge in [-0.2, -0.15) is 0 Å². The number of pyridine rings is 3. The third-order valence-corrected chi connectivity index (χ3v) is 4.96. The standard InChI is InChI=1S/C23H20ClF2N5O2/c1-4-28-17(5-6-27)18-9-20(13(2)10-29-18)31-14(3)7-21(22(24)23(31)32)33-12-19-16(26)8-15(25)11-30-19/h4-11H,1,12,27H2,2-3H3/b6-5-,28-17?. The second kappa shape index (κ2) is 10.2. The molecule has 3 heterocycles. The van der Waals surface area contributed by atoms with Crippen molar-refractivity contribution in [3.8, 4) is 11.4 Å². The summed E-state index contributed by atoms with van der Waals surface area (Å²) < 4.78 is 33.8. The van der Waals surface area contributed by atoms with Gasteiger partial charge in [-0.3, -0.25) is 24.3 Å². The zero-order chi connectivity index (χ0) is 24.1. The van der Waals surface area contributed by atoms with Crippen LogP contribution in [0.25, 0.3) is 5.69 Å². The molecule has 0 saturated heterocycles. The summed E-state index contributed by atoms with van der Waals surface area (Å²) in [7, 11) is 0. The summed E-state index contributed by atoms with van der Waals surface area (Å²) in [5.41, 5.74) is 7.50. The third-order valence-electron chi connectivity index (χ3n) is 4.61. The van der Waals surface area contributed by atoms with Gasteiger partial charge in [-0.25, -0.2) is 8.78 Å². The fourth-order valence-electron chi connectivity index (χ4n) is 3.06. The van der Waals surface area contributed by atoms with Gasteiger partial charge >= 0.3 is 0 Å². The SMILES string of the molecule is C=CN=C(/C=C\N)c1cc(-n2c(C)cc(OCc3ncc(F)cc3F)c(Cl)c2=O)c(C)cn1. The first-order valence-electron chi connectivity index (χ1n) is 9.66. The summed E-state index contributed by atoms with van der Waals surface area (Å²) in [5, 5.41) is -0.206. The van der Waals surface area contributed by atoms with Gasteiger partial charge in [0.15, 0.2) is 5.82 Å². The molecule has 3 aromatic heterocycles. The Morgan fingerprint density at radius 3 is 2.70 bits per heavy atom. The van der Waals surface area contributed by atoms with E-state index in [1.54, 1.807) is 38.3 Å². The molecule has 0 bridgehead atoms. The van der Waals surface area contributed by atoms with Crippen molar-refractivity contribution in [2.45, 2.75) is 20.5 Å². The smallest absolute Gasteiger partial charge is 0.277 e. The summed E-state index contributed by atoms with van der Waals surface area (Å²) in [5.74, 6) is -1.62. The molecule has 0 radical (unpaired) electrons. The van der Waals surface area contributed by atoms with Crippen LogP contribution in [-0.4, -0.2) is 20.2 Å². The summed E-state index contributed by atoms with van der Waals surface area (Å²) in [4.78, 5) is 25.3. The Labute approximate surface area is 193 Å². The molecule has 0 aliphatic carbocycles. The van der Waals surface area contributed by atoms with Crippen LogP contribution in [0.4, 0.5) is 8.78 Å². The summed E-state index contributed by atoms with van der Waals surface area (Å²) >= 11 is 6.29. The summed E-state index contributed by atoms with van der Waals surface area (Å²) in [6.07, 6.45) is 6.71. The fourth-order valence-corrected chi connectivity index (χ4v) is 3.25. The minimum absolute atomic E-state index is 0.0489. The van der Waals surface area contributed by atoms with E-state index >= 15 is 0 Å². The zero-order valence-electron chi connectivity index (χ0n) is 17.8. The summed E-state index contributed by atoms with van der Waals surface area (Å²) in [6, 6.07) is 3.92. The lowest BCUT2D eigenvalue weighted by molar-refractivity contribution is 0.292. The quantitative estimate of drug-likeness (QED) is 0.522. The highest BCUT2D eigenvalue weighted by Crippen LogP contribution is 2.26. The second-order valence-electron chi connectivity index (χ2n) is 6.89. The molecule has 0 fully saturated rings. The Balaban J connectivity index is 2.03. The van der Waals surface area contributed by atoms with E-state index in [2.05, 4.69) is 21.5 Å². The molecule has 0 aromatic carbocycles. The van der Waals surface area contributed by atoms with Gasteiger partial charge in [0.1, 0.15) is 28.9 Å². The largest absolute Gasteiger partial charge is 0.485 e. The van der Waals surface area contributed by atoms with E-state index in [-0.39, 0.29) is 23.1 Å². The van der Waals surface area contributed by atoms with Crippen molar-refractivity contribution in [2.75, 3.05) is 0 Å². The van der Waals surface area contributed by atoms with Gasteiger partial charge in [-0.1, -0.05) is 18.2 Å². The van der Waals surface area contributed by atoms with Crippen molar-refractivity contribution in [1.82, 2.24) is 14.5 Å². The lowest BCUT2D eigenvalue weighted by atomic mass is 10.1. The first-order valence-corrected chi connectivity index (χ1v) is 10.0. The van der Waals surface area contributed by atoms with Crippen LogP contribution in [-0.2, 0) is 6.61 Å². The molecule has 0 amide bonds. The van der Waals surface area contributed by atoms with Gasteiger partial charge in [0.2, 0.25) is 0 Å². The van der Waals surface area contributed by atoms with Crippen LogP contribution in [0.15, 0.2) is 65.4 Å². The molecule has 10 heteroatoms. The van der Waals surface area contributed by atoms with Crippen LogP contribution in [0.3, 0.4) is 0 Å². The number of nitrogens with zero attached hydrogens (tertiary/aromatic N) is 4. The molecular formula is C23H20ClF2N5O2. The van der Waals surface area contributed by atoms with E-state index in [4.69, 9.17) is 22.1 Å². The predicted octanol–water partition coefficient (Wildman–Crippen LogP) is 4.16. The number of hydrogen-bond donors (Lipinski definition) is 1. The van der Waals surface area contributed by atoms with Crippen molar-refractivity contribution in [1.29, 1.82) is 0 Å². The highest BCUT2D eigenvalue weighted by Gasteiger charge is 2.17. The van der Waals surface area contributed by atoms with Gasteiger partial charge in [-0.15, -0.1) is 0 Å². The predicted molar refractivity (Wildman–Crippen MR) is 123 cm³/mol. The topological polar surface area (TPSA) is 95.4 Å². The number of nitrogens with two attached hydrogens (primary N) is 1. The third kappa shape index (κ3) is 5.15. The van der Waals surface area contributed by atoms with Crippen molar-refractivity contribution < 1.29 is 13.5 Å². The molecule has 0 spiro atoms. The van der Waals surface area contributed by atoms with E-state index in [0.29, 0.717) is 34.4 Å². The average molecular weight is 472 g/mol. The average Bonchev–Trinajstić information content (AvgIpc) is 2.77. The minimum atomic E-state index is -0.861. The summed E-state index contributed by atoms with van der Waals surface area (Å²) in [6.45, 7) is 6.74. The lowest BCUT2D eigenvalue weighted by Crippen LogP contribution is -2.23. The fraction of sp³-hybridized carbons (Fsp3) is 0.130. The van der Waals surface area contributed by atoms with Crippen molar-refractivity contribution in [3.05, 3.63) is 105 Å². The Hall–Kier alpha value is -3.85. The molecule has 2 N–H and O–H groups in total. The highest BCUT2D eigenvalue weighted by atomic mass is 35.5. The van der Waals surface area contributed by atoms with Crippen LogP contribution in [0.2, 0.25) is 5.02 Å². The molecule has 0 saturated carbocycles. The lowest BCUT2D eigenvalue weighted by Gasteiger charge is -2.16. The normalized spacial score (nSPS) is 11.7. The Morgan fingerprint density at radius 2 is 2.03 bits per heavy atom. The molecular weight excluding hydrogens is 452 g/mol. The number of aliphatic imine (C=N–C) groups is 1. The van der Waals surface area contributed by atoms with Gasteiger partial charge in [0, 0.05) is 30.2 Å². The number of aromatic nitrogens is 3. The van der Waals surface area contributed by atoms with E-state index in [0.717, 1.165) is 6.20 Å². The Bertz CT molecular complexity index is 1340. The molecule has 3 rings (SSSR count). The highest BCUT2D eigenvalue weighted by molar-refractivity contribution is 6.31. The van der Waals surface area contributed by atoms with Crippen LogP contribution in [0, 0.1) is 25.5 Å². The van der Waals surface area contributed by atoms with Gasteiger partial charge < -0.3 is 10.5 Å². The molecule has 0 atom stereocenters. The van der Waals surface area contributed by atoms with Crippen LogP contribution < -0.4 is 16.0 Å². The molecule has 0 aliphatic heterocycles. The number of ether oxygens (including phenoxy) is 1.